The van der Waals surface area contributed by atoms with Gasteiger partial charge in [0.15, 0.2) is 0 Å². The predicted octanol–water partition coefficient (Wildman–Crippen LogP) is 11.1. The van der Waals surface area contributed by atoms with E-state index in [9.17, 15) is 0 Å². The van der Waals surface area contributed by atoms with Gasteiger partial charge < -0.3 is 0 Å². The summed E-state index contributed by atoms with van der Waals surface area (Å²) in [6.45, 7) is 0. The number of nitrogens with zero attached hydrogens (tertiary/aromatic N) is 3. The van der Waals surface area contributed by atoms with Gasteiger partial charge >= 0.3 is 0 Å². The van der Waals surface area contributed by atoms with Gasteiger partial charge in [-0.15, -0.1) is 0 Å². The van der Waals surface area contributed by atoms with Gasteiger partial charge in [0.05, 0.1) is 5.69 Å². The van der Waals surface area contributed by atoms with Crippen molar-refractivity contribution in [1.82, 2.24) is 15.0 Å². The van der Waals surface area contributed by atoms with E-state index in [-0.39, 0.29) is 0 Å². The first-order valence-corrected chi connectivity index (χ1v) is 15.5. The molecule has 9 aromatic rings. The van der Waals surface area contributed by atoms with E-state index in [2.05, 4.69) is 136 Å². The van der Waals surface area contributed by atoms with E-state index in [1.165, 1.54) is 54.6 Å². The van der Waals surface area contributed by atoms with Gasteiger partial charge in [0.25, 0.3) is 0 Å². The molecule has 6 aromatic carbocycles. The summed E-state index contributed by atoms with van der Waals surface area (Å²) in [7, 11) is 0. The molecule has 0 aliphatic rings. The van der Waals surface area contributed by atoms with Crippen LogP contribution in [0, 0.1) is 0 Å². The van der Waals surface area contributed by atoms with Crippen molar-refractivity contribution in [2.75, 3.05) is 0 Å². The minimum atomic E-state index is 0.979. The van der Waals surface area contributed by atoms with Crippen LogP contribution in [0.3, 0.4) is 0 Å². The first-order valence-electron chi connectivity index (χ1n) is 15.5. The molecule has 0 spiro atoms. The summed E-state index contributed by atoms with van der Waals surface area (Å²) in [5.41, 5.74) is 11.5. The SMILES string of the molecule is c1ccc(-c2cccc(-c3ccc4ccc5c(-c6cc(-c7ccncc7)cc(-c7ccncc7)c6)ccc6ccc3c4c65)c2)nc1. The molecule has 0 fully saturated rings. The monoisotopic (exact) mass is 585 g/mol. The van der Waals surface area contributed by atoms with E-state index < -0.39 is 0 Å². The largest absolute Gasteiger partial charge is 0.265 e. The Hall–Kier alpha value is -6.19. The van der Waals surface area contributed by atoms with Crippen LogP contribution in [0.4, 0.5) is 0 Å². The lowest BCUT2D eigenvalue weighted by Gasteiger charge is -2.18. The first kappa shape index (κ1) is 26.2. The van der Waals surface area contributed by atoms with Crippen molar-refractivity contribution in [2.45, 2.75) is 0 Å². The van der Waals surface area contributed by atoms with Crippen molar-refractivity contribution >= 4 is 32.3 Å². The molecule has 9 rings (SSSR count). The number of rotatable bonds is 5. The Morgan fingerprint density at radius 3 is 1.43 bits per heavy atom. The number of hydrogen-bond donors (Lipinski definition) is 0. The lowest BCUT2D eigenvalue weighted by Crippen LogP contribution is -1.91. The third kappa shape index (κ3) is 4.41. The maximum absolute atomic E-state index is 4.60. The summed E-state index contributed by atoms with van der Waals surface area (Å²) in [6.07, 6.45) is 9.27. The van der Waals surface area contributed by atoms with Gasteiger partial charge in [-0.1, -0.05) is 72.8 Å². The fourth-order valence-corrected chi connectivity index (χ4v) is 6.89. The number of benzene rings is 6. The van der Waals surface area contributed by atoms with Crippen molar-refractivity contribution < 1.29 is 0 Å². The van der Waals surface area contributed by atoms with Crippen LogP contribution in [0.1, 0.15) is 0 Å². The summed E-state index contributed by atoms with van der Waals surface area (Å²) in [5, 5.41) is 7.61. The molecule has 3 heterocycles. The van der Waals surface area contributed by atoms with Gasteiger partial charge in [-0.2, -0.15) is 0 Å². The van der Waals surface area contributed by atoms with E-state index in [0.29, 0.717) is 0 Å². The molecule has 0 radical (unpaired) electrons. The second-order valence-corrected chi connectivity index (χ2v) is 11.7. The van der Waals surface area contributed by atoms with Crippen molar-refractivity contribution in [3.8, 4) is 55.8 Å². The van der Waals surface area contributed by atoms with Crippen LogP contribution in [0.15, 0.2) is 164 Å². The highest BCUT2D eigenvalue weighted by Crippen LogP contribution is 2.43. The summed E-state index contributed by atoms with van der Waals surface area (Å²) in [5.74, 6) is 0. The molecule has 0 aliphatic carbocycles. The minimum absolute atomic E-state index is 0.979. The van der Waals surface area contributed by atoms with Crippen molar-refractivity contribution in [3.63, 3.8) is 0 Å². The van der Waals surface area contributed by atoms with Gasteiger partial charge in [0.2, 0.25) is 0 Å². The molecule has 0 atom stereocenters. The Kier molecular flexibility index (Phi) is 6.14. The average molecular weight is 586 g/mol. The van der Waals surface area contributed by atoms with Gasteiger partial charge in [-0.3, -0.25) is 15.0 Å². The Morgan fingerprint density at radius 1 is 0.326 bits per heavy atom. The number of hydrogen-bond acceptors (Lipinski definition) is 3. The average Bonchev–Trinajstić information content (AvgIpc) is 3.14. The summed E-state index contributed by atoms with van der Waals surface area (Å²) < 4.78 is 0. The molecule has 3 nitrogen and oxygen atoms in total. The third-order valence-corrected chi connectivity index (χ3v) is 9.07. The van der Waals surface area contributed by atoms with Gasteiger partial charge in [0, 0.05) is 36.5 Å². The Labute approximate surface area is 266 Å². The highest BCUT2D eigenvalue weighted by molar-refractivity contribution is 6.27. The molecule has 0 aliphatic heterocycles. The van der Waals surface area contributed by atoms with Crippen LogP contribution in [0.2, 0.25) is 0 Å². The van der Waals surface area contributed by atoms with Crippen LogP contribution in [0.5, 0.6) is 0 Å². The molecule has 214 valence electrons. The smallest absolute Gasteiger partial charge is 0.0702 e. The normalized spacial score (nSPS) is 11.5. The van der Waals surface area contributed by atoms with Gasteiger partial charge in [-0.05, 0) is 137 Å². The minimum Gasteiger partial charge on any atom is -0.265 e. The molecular formula is C43H27N3. The van der Waals surface area contributed by atoms with Gasteiger partial charge in [0.1, 0.15) is 0 Å². The molecule has 0 bridgehead atoms. The molecule has 0 saturated heterocycles. The standard InChI is InChI=1S/C43H27N3/c1-2-19-46-41(6-1)33-5-3-4-32(24-33)37-11-7-30-10-14-40-38(12-8-31-9-13-39(37)42(30)43(31)40)36-26-34(28-15-20-44-21-16-28)25-35(27-36)29-17-22-45-23-18-29/h1-27H. The summed E-state index contributed by atoms with van der Waals surface area (Å²) in [4.78, 5) is 13.1. The fourth-order valence-electron chi connectivity index (χ4n) is 6.89. The van der Waals surface area contributed by atoms with Crippen LogP contribution in [0.25, 0.3) is 88.1 Å². The van der Waals surface area contributed by atoms with E-state index in [4.69, 9.17) is 0 Å². The molecule has 0 unspecified atom stereocenters. The van der Waals surface area contributed by atoms with Crippen molar-refractivity contribution in [1.29, 1.82) is 0 Å². The van der Waals surface area contributed by atoms with Crippen LogP contribution in [-0.2, 0) is 0 Å². The van der Waals surface area contributed by atoms with Gasteiger partial charge in [-0.25, -0.2) is 0 Å². The van der Waals surface area contributed by atoms with E-state index in [0.717, 1.165) is 33.5 Å². The van der Waals surface area contributed by atoms with Crippen LogP contribution in [-0.4, -0.2) is 15.0 Å². The van der Waals surface area contributed by atoms with Crippen LogP contribution >= 0.6 is 0 Å². The maximum Gasteiger partial charge on any atom is 0.0702 e. The zero-order valence-electron chi connectivity index (χ0n) is 24.9. The Bertz CT molecular complexity index is 2450. The summed E-state index contributed by atoms with van der Waals surface area (Å²) >= 11 is 0. The maximum atomic E-state index is 4.60. The van der Waals surface area contributed by atoms with E-state index >= 15 is 0 Å². The zero-order chi connectivity index (χ0) is 30.5. The number of aromatic nitrogens is 3. The van der Waals surface area contributed by atoms with E-state index in [1.54, 1.807) is 0 Å². The highest BCUT2D eigenvalue weighted by atomic mass is 14.7. The fraction of sp³-hybridized carbons (Fsp3) is 0. The first-order chi connectivity index (χ1) is 22.8. The molecule has 0 amide bonds. The van der Waals surface area contributed by atoms with E-state index in [1.807, 2.05) is 43.1 Å². The molecule has 46 heavy (non-hydrogen) atoms. The molecular weight excluding hydrogens is 558 g/mol. The molecule has 0 N–H and O–H groups in total. The lowest BCUT2D eigenvalue weighted by molar-refractivity contribution is 1.33. The lowest BCUT2D eigenvalue weighted by atomic mass is 9.86. The van der Waals surface area contributed by atoms with Crippen LogP contribution < -0.4 is 0 Å². The topological polar surface area (TPSA) is 38.7 Å². The predicted molar refractivity (Wildman–Crippen MR) is 191 cm³/mol. The second kappa shape index (κ2) is 10.8. The molecule has 3 heteroatoms. The Balaban J connectivity index is 1.27. The Morgan fingerprint density at radius 2 is 0.848 bits per heavy atom. The van der Waals surface area contributed by atoms with Crippen molar-refractivity contribution in [3.05, 3.63) is 164 Å². The quantitative estimate of drug-likeness (QED) is 0.189. The second-order valence-electron chi connectivity index (χ2n) is 11.7. The third-order valence-electron chi connectivity index (χ3n) is 9.07. The number of pyridine rings is 3. The van der Waals surface area contributed by atoms with Crippen molar-refractivity contribution in [2.24, 2.45) is 0 Å². The summed E-state index contributed by atoms with van der Waals surface area (Å²) in [6, 6.07) is 48.2. The molecule has 3 aromatic heterocycles. The highest BCUT2D eigenvalue weighted by Gasteiger charge is 2.16. The zero-order valence-corrected chi connectivity index (χ0v) is 24.9. The molecule has 0 saturated carbocycles.